The van der Waals surface area contributed by atoms with Gasteiger partial charge < -0.3 is 15.2 Å². The highest BCUT2D eigenvalue weighted by Crippen LogP contribution is 2.07. The molecule has 2 heterocycles. The van der Waals surface area contributed by atoms with Gasteiger partial charge >= 0.3 is 5.69 Å². The Kier molecular flexibility index (Phi) is 3.81. The number of carbonyl (C=O) groups excluding carboxylic acids is 1. The number of fused-ring (bicyclic) bond motifs is 1. The summed E-state index contributed by atoms with van der Waals surface area (Å²) in [4.78, 5) is 41.0. The number of aromatic amines is 1. The average molecular weight is 302 g/mol. The fourth-order valence-electron chi connectivity index (χ4n) is 2.76. The molecule has 2 aromatic rings. The summed E-state index contributed by atoms with van der Waals surface area (Å²) in [5.74, 6) is -0.239. The second kappa shape index (κ2) is 5.76. The highest BCUT2D eigenvalue weighted by atomic mass is 16.2. The van der Waals surface area contributed by atoms with Crippen molar-refractivity contribution in [3.05, 3.63) is 45.1 Å². The van der Waals surface area contributed by atoms with Crippen molar-refractivity contribution in [1.29, 1.82) is 0 Å². The van der Waals surface area contributed by atoms with E-state index in [2.05, 4.69) is 10.3 Å². The van der Waals surface area contributed by atoms with Gasteiger partial charge in [0.1, 0.15) is 6.54 Å². The van der Waals surface area contributed by atoms with E-state index in [9.17, 15) is 14.4 Å². The molecule has 0 spiro atoms. The number of amides is 1. The van der Waals surface area contributed by atoms with Gasteiger partial charge in [0.25, 0.3) is 5.56 Å². The minimum absolute atomic E-state index is 0.114. The summed E-state index contributed by atoms with van der Waals surface area (Å²) >= 11 is 0. The second-order valence-corrected chi connectivity index (χ2v) is 5.52. The summed E-state index contributed by atoms with van der Waals surface area (Å²) < 4.78 is 0.962. The monoisotopic (exact) mass is 302 g/mol. The molecule has 0 radical (unpaired) electrons. The average Bonchev–Trinajstić information content (AvgIpc) is 3.04. The number of hydrogen-bond acceptors (Lipinski definition) is 4. The number of H-pyrrole nitrogens is 1. The van der Waals surface area contributed by atoms with Crippen molar-refractivity contribution in [2.75, 3.05) is 20.1 Å². The van der Waals surface area contributed by atoms with Gasteiger partial charge in [0.2, 0.25) is 5.91 Å². The molecule has 0 saturated carbocycles. The molecule has 7 nitrogen and oxygen atoms in total. The van der Waals surface area contributed by atoms with Crippen molar-refractivity contribution in [3.63, 3.8) is 0 Å². The van der Waals surface area contributed by atoms with Crippen molar-refractivity contribution in [1.82, 2.24) is 19.8 Å². The lowest BCUT2D eigenvalue weighted by molar-refractivity contribution is -0.132. The Morgan fingerprint density at radius 1 is 1.36 bits per heavy atom. The molecule has 1 aromatic heterocycles. The first-order chi connectivity index (χ1) is 10.6. The Balaban J connectivity index is 1.92. The number of rotatable bonds is 3. The van der Waals surface area contributed by atoms with Gasteiger partial charge in [0.05, 0.1) is 10.9 Å². The highest BCUT2D eigenvalue weighted by molar-refractivity contribution is 5.79. The molecule has 2 N–H and O–H groups in total. The zero-order valence-corrected chi connectivity index (χ0v) is 12.3. The molecular weight excluding hydrogens is 284 g/mol. The lowest BCUT2D eigenvalue weighted by atomic mass is 10.2. The molecule has 1 saturated heterocycles. The molecule has 1 fully saturated rings. The van der Waals surface area contributed by atoms with Gasteiger partial charge in [-0.3, -0.25) is 14.2 Å². The van der Waals surface area contributed by atoms with Crippen LogP contribution < -0.4 is 16.6 Å². The summed E-state index contributed by atoms with van der Waals surface area (Å²) in [6.07, 6.45) is 0.880. The molecule has 116 valence electrons. The Labute approximate surface area is 126 Å². The molecule has 0 bridgehead atoms. The number of likely N-dealkylation sites (N-methyl/N-ethyl adjacent to an activating group) is 1. The zero-order valence-electron chi connectivity index (χ0n) is 12.3. The van der Waals surface area contributed by atoms with Crippen LogP contribution in [0, 0.1) is 0 Å². The third-order valence-electron chi connectivity index (χ3n) is 4.16. The van der Waals surface area contributed by atoms with E-state index in [4.69, 9.17) is 0 Å². The molecule has 0 aliphatic carbocycles. The smallest absolute Gasteiger partial charge is 0.329 e. The predicted octanol–water partition coefficient (Wildman–Crippen LogP) is -0.490. The largest absolute Gasteiger partial charge is 0.340 e. The quantitative estimate of drug-likeness (QED) is 0.801. The number of para-hydroxylation sites is 1. The number of carbonyl (C=O) groups is 1. The fourth-order valence-corrected chi connectivity index (χ4v) is 2.76. The minimum atomic E-state index is -0.560. The maximum Gasteiger partial charge on any atom is 0.329 e. The first-order valence-corrected chi connectivity index (χ1v) is 7.26. The van der Waals surface area contributed by atoms with Gasteiger partial charge in [0, 0.05) is 19.6 Å². The second-order valence-electron chi connectivity index (χ2n) is 5.52. The van der Waals surface area contributed by atoms with Crippen LogP contribution in [-0.2, 0) is 11.3 Å². The first-order valence-electron chi connectivity index (χ1n) is 7.26. The third kappa shape index (κ3) is 2.55. The summed E-state index contributed by atoms with van der Waals surface area (Å²) in [6, 6.07) is 6.89. The molecule has 1 aliphatic rings. The lowest BCUT2D eigenvalue weighted by Crippen LogP contribution is -2.44. The van der Waals surface area contributed by atoms with Crippen LogP contribution in [0.4, 0.5) is 0 Å². The SMILES string of the molecule is CN(C(=O)Cn1c(=O)[nH]c2ccccc2c1=O)[C@@H]1CCNC1. The van der Waals surface area contributed by atoms with Crippen molar-refractivity contribution < 1.29 is 4.79 Å². The number of hydrogen-bond donors (Lipinski definition) is 2. The summed E-state index contributed by atoms with van der Waals surface area (Å²) in [5, 5.41) is 3.59. The molecule has 1 aliphatic heterocycles. The van der Waals surface area contributed by atoms with Gasteiger partial charge in [-0.25, -0.2) is 4.79 Å². The van der Waals surface area contributed by atoms with E-state index in [1.54, 1.807) is 36.2 Å². The number of benzene rings is 1. The van der Waals surface area contributed by atoms with Gasteiger partial charge in [0.15, 0.2) is 0 Å². The normalized spacial score (nSPS) is 17.8. The van der Waals surface area contributed by atoms with E-state index in [1.807, 2.05) is 0 Å². The van der Waals surface area contributed by atoms with Gasteiger partial charge in [-0.05, 0) is 25.1 Å². The van der Waals surface area contributed by atoms with Crippen LogP contribution in [-0.4, -0.2) is 46.5 Å². The Bertz CT molecular complexity index is 817. The molecular formula is C15H18N4O3. The lowest BCUT2D eigenvalue weighted by Gasteiger charge is -2.23. The van der Waals surface area contributed by atoms with Crippen molar-refractivity contribution in [2.24, 2.45) is 0 Å². The first kappa shape index (κ1) is 14.5. The van der Waals surface area contributed by atoms with Crippen LogP contribution in [0.2, 0.25) is 0 Å². The Hall–Kier alpha value is -2.41. The van der Waals surface area contributed by atoms with Gasteiger partial charge in [-0.15, -0.1) is 0 Å². The summed E-state index contributed by atoms with van der Waals surface area (Å²) in [5.41, 5.74) is -0.518. The van der Waals surface area contributed by atoms with E-state index < -0.39 is 11.2 Å². The van der Waals surface area contributed by atoms with E-state index in [-0.39, 0.29) is 18.5 Å². The van der Waals surface area contributed by atoms with Crippen LogP contribution >= 0.6 is 0 Å². The number of aromatic nitrogens is 2. The van der Waals surface area contributed by atoms with E-state index in [0.29, 0.717) is 10.9 Å². The standard InChI is InChI=1S/C15H18N4O3/c1-18(10-6-7-16-8-10)13(20)9-19-14(21)11-4-2-3-5-12(11)17-15(19)22/h2-5,10,16H,6-9H2,1H3,(H,17,22)/t10-/m1/s1. The van der Waals surface area contributed by atoms with Crippen LogP contribution in [0.3, 0.4) is 0 Å². The van der Waals surface area contributed by atoms with Crippen molar-refractivity contribution in [2.45, 2.75) is 19.0 Å². The third-order valence-corrected chi connectivity index (χ3v) is 4.16. The molecule has 1 amide bonds. The number of nitrogens with one attached hydrogen (secondary N) is 2. The van der Waals surface area contributed by atoms with E-state index in [1.165, 1.54) is 0 Å². The predicted molar refractivity (Wildman–Crippen MR) is 82.9 cm³/mol. The molecule has 1 atom stereocenters. The van der Waals surface area contributed by atoms with E-state index in [0.717, 1.165) is 24.1 Å². The Morgan fingerprint density at radius 2 is 2.14 bits per heavy atom. The van der Waals surface area contributed by atoms with E-state index >= 15 is 0 Å². The summed E-state index contributed by atoms with van der Waals surface area (Å²) in [7, 11) is 1.71. The topological polar surface area (TPSA) is 87.2 Å². The van der Waals surface area contributed by atoms with Crippen LogP contribution in [0.15, 0.2) is 33.9 Å². The molecule has 3 rings (SSSR count). The van der Waals surface area contributed by atoms with Gasteiger partial charge in [-0.1, -0.05) is 12.1 Å². The Morgan fingerprint density at radius 3 is 2.86 bits per heavy atom. The number of nitrogens with zero attached hydrogens (tertiary/aromatic N) is 2. The molecule has 1 aromatic carbocycles. The molecule has 0 unspecified atom stereocenters. The van der Waals surface area contributed by atoms with Gasteiger partial charge in [-0.2, -0.15) is 0 Å². The maximum atomic E-state index is 12.4. The van der Waals surface area contributed by atoms with Crippen LogP contribution in [0.25, 0.3) is 10.9 Å². The molecule has 7 heteroatoms. The highest BCUT2D eigenvalue weighted by Gasteiger charge is 2.24. The van der Waals surface area contributed by atoms with Crippen molar-refractivity contribution >= 4 is 16.8 Å². The minimum Gasteiger partial charge on any atom is -0.340 e. The molecule has 22 heavy (non-hydrogen) atoms. The van der Waals surface area contributed by atoms with Crippen LogP contribution in [0.1, 0.15) is 6.42 Å². The fraction of sp³-hybridized carbons (Fsp3) is 0.400. The van der Waals surface area contributed by atoms with Crippen LogP contribution in [0.5, 0.6) is 0 Å². The van der Waals surface area contributed by atoms with Crippen molar-refractivity contribution in [3.8, 4) is 0 Å². The summed E-state index contributed by atoms with van der Waals surface area (Å²) in [6.45, 7) is 1.37. The maximum absolute atomic E-state index is 12.4. The zero-order chi connectivity index (χ0) is 15.7.